The molecule has 0 aromatic heterocycles. The fourth-order valence-electron chi connectivity index (χ4n) is 2.72. The fourth-order valence-corrected chi connectivity index (χ4v) is 2.72. The summed E-state index contributed by atoms with van der Waals surface area (Å²) >= 11 is 0. The Labute approximate surface area is 103 Å². The Balaban J connectivity index is 1.72. The van der Waals surface area contributed by atoms with Crippen LogP contribution in [0.1, 0.15) is 39.5 Å². The van der Waals surface area contributed by atoms with Gasteiger partial charge in [-0.1, -0.05) is 0 Å². The molecule has 0 bridgehead atoms. The molecule has 1 heterocycles. The van der Waals surface area contributed by atoms with Gasteiger partial charge < -0.3 is 14.8 Å². The van der Waals surface area contributed by atoms with E-state index in [4.69, 9.17) is 9.47 Å². The summed E-state index contributed by atoms with van der Waals surface area (Å²) in [4.78, 5) is 11.7. The highest BCUT2D eigenvalue weighted by Gasteiger charge is 2.48. The summed E-state index contributed by atoms with van der Waals surface area (Å²) in [6.45, 7) is 6.39. The number of carbonyl (C=O) groups is 1. The van der Waals surface area contributed by atoms with E-state index in [1.807, 2.05) is 13.8 Å². The minimum absolute atomic E-state index is 0.0647. The molecule has 2 fully saturated rings. The van der Waals surface area contributed by atoms with Gasteiger partial charge in [-0.15, -0.1) is 0 Å². The molecule has 0 aromatic carbocycles. The van der Waals surface area contributed by atoms with Gasteiger partial charge in [0, 0.05) is 0 Å². The van der Waals surface area contributed by atoms with Gasteiger partial charge in [-0.25, -0.2) is 0 Å². The van der Waals surface area contributed by atoms with Crippen LogP contribution in [0.5, 0.6) is 0 Å². The number of hydrogen-bond acceptors (Lipinski definition) is 4. The van der Waals surface area contributed by atoms with Gasteiger partial charge in [-0.3, -0.25) is 4.79 Å². The van der Waals surface area contributed by atoms with E-state index in [0.717, 1.165) is 38.8 Å². The van der Waals surface area contributed by atoms with Crippen LogP contribution in [0.3, 0.4) is 0 Å². The normalized spacial score (nSPS) is 34.1. The monoisotopic (exact) mass is 241 g/mol. The first-order chi connectivity index (χ1) is 8.14. The van der Waals surface area contributed by atoms with Crippen LogP contribution in [0.25, 0.3) is 0 Å². The lowest BCUT2D eigenvalue weighted by Crippen LogP contribution is -2.48. The zero-order valence-electron chi connectivity index (χ0n) is 10.8. The smallest absolute Gasteiger partial charge is 0.311 e. The van der Waals surface area contributed by atoms with E-state index in [0.29, 0.717) is 12.7 Å². The summed E-state index contributed by atoms with van der Waals surface area (Å²) in [5.74, 6) is -0.0647. The molecule has 4 heteroatoms. The fraction of sp³-hybridized carbons (Fsp3) is 0.923. The Kier molecular flexibility index (Phi) is 4.05. The summed E-state index contributed by atoms with van der Waals surface area (Å²) in [7, 11) is 0. The van der Waals surface area contributed by atoms with E-state index in [9.17, 15) is 4.79 Å². The average Bonchev–Trinajstić information content (AvgIpc) is 2.28. The van der Waals surface area contributed by atoms with Crippen molar-refractivity contribution >= 4 is 5.97 Å². The molecule has 98 valence electrons. The van der Waals surface area contributed by atoms with Gasteiger partial charge >= 0.3 is 5.97 Å². The number of hydrogen-bond donors (Lipinski definition) is 1. The Bertz CT molecular complexity index is 268. The zero-order chi connectivity index (χ0) is 12.3. The predicted molar refractivity (Wildman–Crippen MR) is 64.7 cm³/mol. The van der Waals surface area contributed by atoms with Crippen LogP contribution in [0.4, 0.5) is 0 Å². The Morgan fingerprint density at radius 3 is 2.53 bits per heavy atom. The van der Waals surface area contributed by atoms with Crippen LogP contribution in [0, 0.1) is 5.41 Å². The third-order valence-electron chi connectivity index (χ3n) is 3.80. The molecule has 0 radical (unpaired) electrons. The van der Waals surface area contributed by atoms with E-state index in [1.165, 1.54) is 0 Å². The van der Waals surface area contributed by atoms with Gasteiger partial charge in [0.05, 0.1) is 24.2 Å². The highest BCUT2D eigenvalue weighted by molar-refractivity contribution is 5.77. The van der Waals surface area contributed by atoms with Crippen LogP contribution in [0.15, 0.2) is 0 Å². The minimum atomic E-state index is -0.298. The number of ether oxygens (including phenoxy) is 2. The van der Waals surface area contributed by atoms with Crippen molar-refractivity contribution in [1.29, 1.82) is 0 Å². The topological polar surface area (TPSA) is 47.6 Å². The SMILES string of the molecule is CCOC(=O)C1(C)CC(OC2CCNCC2)C1. The van der Waals surface area contributed by atoms with Gasteiger partial charge in [0.2, 0.25) is 0 Å². The molecule has 1 aliphatic heterocycles. The molecule has 1 aliphatic carbocycles. The van der Waals surface area contributed by atoms with E-state index >= 15 is 0 Å². The third kappa shape index (κ3) is 2.99. The lowest BCUT2D eigenvalue weighted by Gasteiger charge is -2.44. The minimum Gasteiger partial charge on any atom is -0.466 e. The molecule has 4 nitrogen and oxygen atoms in total. The second kappa shape index (κ2) is 5.36. The average molecular weight is 241 g/mol. The molecule has 0 amide bonds. The summed E-state index contributed by atoms with van der Waals surface area (Å²) in [5, 5.41) is 3.32. The molecule has 0 aromatic rings. The van der Waals surface area contributed by atoms with E-state index in [2.05, 4.69) is 5.32 Å². The predicted octanol–water partition coefficient (Wildman–Crippen LogP) is 1.49. The molecule has 2 aliphatic rings. The third-order valence-corrected chi connectivity index (χ3v) is 3.80. The summed E-state index contributed by atoms with van der Waals surface area (Å²) in [6, 6.07) is 0. The van der Waals surface area contributed by atoms with Crippen molar-refractivity contribution in [2.75, 3.05) is 19.7 Å². The first kappa shape index (κ1) is 12.8. The first-order valence-electron chi connectivity index (χ1n) is 6.67. The number of nitrogens with one attached hydrogen (secondary N) is 1. The second-order valence-corrected chi connectivity index (χ2v) is 5.40. The Morgan fingerprint density at radius 2 is 1.94 bits per heavy atom. The van der Waals surface area contributed by atoms with E-state index in [1.54, 1.807) is 0 Å². The first-order valence-corrected chi connectivity index (χ1v) is 6.67. The Morgan fingerprint density at radius 1 is 1.29 bits per heavy atom. The maximum atomic E-state index is 11.7. The van der Waals surface area contributed by atoms with Gasteiger partial charge in [0.1, 0.15) is 0 Å². The molecule has 0 unspecified atom stereocenters. The number of rotatable bonds is 4. The van der Waals surface area contributed by atoms with Crippen LogP contribution in [0.2, 0.25) is 0 Å². The molecular formula is C13H23NO3. The van der Waals surface area contributed by atoms with Crippen molar-refractivity contribution in [1.82, 2.24) is 5.32 Å². The van der Waals surface area contributed by atoms with Gasteiger partial charge in [-0.05, 0) is 52.6 Å². The van der Waals surface area contributed by atoms with Crippen LogP contribution < -0.4 is 5.32 Å². The van der Waals surface area contributed by atoms with E-state index < -0.39 is 0 Å². The van der Waals surface area contributed by atoms with E-state index in [-0.39, 0.29) is 17.5 Å². The summed E-state index contributed by atoms with van der Waals surface area (Å²) in [6.07, 6.45) is 4.45. The molecule has 0 atom stereocenters. The maximum Gasteiger partial charge on any atom is 0.311 e. The van der Waals surface area contributed by atoms with Crippen LogP contribution >= 0.6 is 0 Å². The van der Waals surface area contributed by atoms with Gasteiger partial charge in [0.15, 0.2) is 0 Å². The Hall–Kier alpha value is -0.610. The quantitative estimate of drug-likeness (QED) is 0.757. The molecular weight excluding hydrogens is 218 g/mol. The molecule has 0 spiro atoms. The van der Waals surface area contributed by atoms with Crippen molar-refractivity contribution in [3.63, 3.8) is 0 Å². The molecule has 2 rings (SSSR count). The number of piperidine rings is 1. The van der Waals surface area contributed by atoms with Crippen molar-refractivity contribution in [2.45, 2.75) is 51.7 Å². The summed E-state index contributed by atoms with van der Waals surface area (Å²) < 4.78 is 11.1. The number of carbonyl (C=O) groups excluding carboxylic acids is 1. The standard InChI is InChI=1S/C13H23NO3/c1-3-16-12(15)13(2)8-11(9-13)17-10-4-6-14-7-5-10/h10-11,14H,3-9H2,1-2H3. The largest absolute Gasteiger partial charge is 0.466 e. The molecule has 1 saturated carbocycles. The maximum absolute atomic E-state index is 11.7. The van der Waals surface area contributed by atoms with Gasteiger partial charge in [-0.2, -0.15) is 0 Å². The second-order valence-electron chi connectivity index (χ2n) is 5.40. The van der Waals surface area contributed by atoms with Crippen LogP contribution in [-0.2, 0) is 14.3 Å². The summed E-state index contributed by atoms with van der Waals surface area (Å²) in [5.41, 5.74) is -0.298. The van der Waals surface area contributed by atoms with Crippen molar-refractivity contribution in [3.05, 3.63) is 0 Å². The highest BCUT2D eigenvalue weighted by atomic mass is 16.5. The van der Waals surface area contributed by atoms with Crippen molar-refractivity contribution in [3.8, 4) is 0 Å². The van der Waals surface area contributed by atoms with Crippen molar-refractivity contribution in [2.24, 2.45) is 5.41 Å². The molecule has 1 N–H and O–H groups in total. The lowest BCUT2D eigenvalue weighted by molar-refractivity contribution is -0.176. The molecule has 1 saturated heterocycles. The van der Waals surface area contributed by atoms with Gasteiger partial charge in [0.25, 0.3) is 0 Å². The zero-order valence-corrected chi connectivity index (χ0v) is 10.8. The van der Waals surface area contributed by atoms with Crippen molar-refractivity contribution < 1.29 is 14.3 Å². The number of esters is 1. The highest BCUT2D eigenvalue weighted by Crippen LogP contribution is 2.44. The molecule has 17 heavy (non-hydrogen) atoms. The lowest BCUT2D eigenvalue weighted by atomic mass is 9.68. The van der Waals surface area contributed by atoms with Crippen LogP contribution in [-0.4, -0.2) is 37.9 Å².